The van der Waals surface area contributed by atoms with Crippen LogP contribution in [0.25, 0.3) is 0 Å². The molecule has 2 aliphatic carbocycles. The number of hydrogen-bond acceptors (Lipinski definition) is 2. The second kappa shape index (κ2) is 9.04. The summed E-state index contributed by atoms with van der Waals surface area (Å²) < 4.78 is 5.70. The Kier molecular flexibility index (Phi) is 7.37. The first-order valence-electron chi connectivity index (χ1n) is 9.16. The largest absolute Gasteiger partial charge is 0.378 e. The van der Waals surface area contributed by atoms with E-state index in [0.29, 0.717) is 6.10 Å². The lowest BCUT2D eigenvalue weighted by Gasteiger charge is -2.38. The van der Waals surface area contributed by atoms with Gasteiger partial charge in [0.05, 0.1) is 6.10 Å². The van der Waals surface area contributed by atoms with Crippen molar-refractivity contribution in [3.05, 3.63) is 0 Å². The number of ether oxygens (including phenoxy) is 1. The van der Waals surface area contributed by atoms with E-state index in [1.165, 1.54) is 70.8 Å². The van der Waals surface area contributed by atoms with Gasteiger partial charge in [0.1, 0.15) is 0 Å². The van der Waals surface area contributed by atoms with Crippen molar-refractivity contribution >= 4 is 0 Å². The molecule has 0 saturated heterocycles. The molecule has 1 unspecified atom stereocenters. The van der Waals surface area contributed by atoms with Gasteiger partial charge < -0.3 is 10.1 Å². The number of rotatable bonds is 9. The smallest absolute Gasteiger partial charge is 0.0580 e. The fourth-order valence-electron chi connectivity index (χ4n) is 4.08. The summed E-state index contributed by atoms with van der Waals surface area (Å²) in [6.07, 6.45) is 14.7. The number of hydrogen-bond donors (Lipinski definition) is 1. The summed E-state index contributed by atoms with van der Waals surface area (Å²) in [6, 6.07) is 0.769. The van der Waals surface area contributed by atoms with Gasteiger partial charge in [-0.2, -0.15) is 0 Å². The summed E-state index contributed by atoms with van der Waals surface area (Å²) in [4.78, 5) is 0. The molecule has 0 radical (unpaired) electrons. The summed E-state index contributed by atoms with van der Waals surface area (Å²) in [7, 11) is 0. The fourth-order valence-corrected chi connectivity index (χ4v) is 4.08. The first-order chi connectivity index (χ1) is 9.81. The quantitative estimate of drug-likeness (QED) is 0.670. The van der Waals surface area contributed by atoms with Crippen LogP contribution >= 0.6 is 0 Å². The monoisotopic (exact) mass is 281 g/mol. The van der Waals surface area contributed by atoms with Gasteiger partial charge in [-0.1, -0.05) is 39.0 Å². The molecule has 2 nitrogen and oxygen atoms in total. The third-order valence-corrected chi connectivity index (χ3v) is 5.24. The maximum atomic E-state index is 5.70. The molecule has 1 atom stereocenters. The van der Waals surface area contributed by atoms with Crippen molar-refractivity contribution in [3.8, 4) is 0 Å². The molecule has 0 aromatic rings. The summed E-state index contributed by atoms with van der Waals surface area (Å²) in [5, 5.41) is 3.82. The van der Waals surface area contributed by atoms with E-state index in [9.17, 15) is 0 Å². The molecule has 20 heavy (non-hydrogen) atoms. The highest BCUT2D eigenvalue weighted by molar-refractivity contribution is 4.85. The minimum Gasteiger partial charge on any atom is -0.378 e. The van der Waals surface area contributed by atoms with Crippen LogP contribution in [0, 0.1) is 11.8 Å². The van der Waals surface area contributed by atoms with Crippen LogP contribution in [-0.2, 0) is 4.74 Å². The maximum absolute atomic E-state index is 5.70. The first kappa shape index (κ1) is 16.3. The van der Waals surface area contributed by atoms with Gasteiger partial charge in [-0.15, -0.1) is 0 Å². The third kappa shape index (κ3) is 5.37. The van der Waals surface area contributed by atoms with Gasteiger partial charge in [-0.3, -0.25) is 0 Å². The van der Waals surface area contributed by atoms with Crippen LogP contribution in [0.1, 0.15) is 78.1 Å². The normalized spacial score (nSPS) is 29.1. The molecule has 2 aliphatic rings. The van der Waals surface area contributed by atoms with E-state index in [-0.39, 0.29) is 0 Å². The van der Waals surface area contributed by atoms with E-state index in [0.717, 1.165) is 24.5 Å². The Balaban J connectivity index is 1.69. The topological polar surface area (TPSA) is 21.3 Å². The van der Waals surface area contributed by atoms with Crippen LogP contribution in [0.3, 0.4) is 0 Å². The molecule has 2 saturated carbocycles. The molecule has 0 heterocycles. The average Bonchev–Trinajstić information content (AvgIpc) is 2.43. The molecule has 2 rings (SSSR count). The average molecular weight is 281 g/mol. The van der Waals surface area contributed by atoms with Crippen LogP contribution in [-0.4, -0.2) is 25.3 Å². The minimum atomic E-state index is 0.575. The Morgan fingerprint density at radius 1 is 1.00 bits per heavy atom. The first-order valence-corrected chi connectivity index (χ1v) is 9.16. The van der Waals surface area contributed by atoms with Gasteiger partial charge in [0.15, 0.2) is 0 Å². The Morgan fingerprint density at radius 3 is 2.35 bits per heavy atom. The van der Waals surface area contributed by atoms with Gasteiger partial charge >= 0.3 is 0 Å². The van der Waals surface area contributed by atoms with Crippen LogP contribution in [0.4, 0.5) is 0 Å². The fraction of sp³-hybridized carbons (Fsp3) is 1.00. The zero-order chi connectivity index (χ0) is 14.2. The lowest BCUT2D eigenvalue weighted by Crippen LogP contribution is -2.39. The molecule has 0 aromatic carbocycles. The van der Waals surface area contributed by atoms with Crippen molar-refractivity contribution in [3.63, 3.8) is 0 Å². The van der Waals surface area contributed by atoms with Crippen LogP contribution in [0.5, 0.6) is 0 Å². The third-order valence-electron chi connectivity index (χ3n) is 5.24. The van der Waals surface area contributed by atoms with E-state index in [1.54, 1.807) is 0 Å². The van der Waals surface area contributed by atoms with Crippen molar-refractivity contribution in [2.45, 2.75) is 90.2 Å². The Hall–Kier alpha value is -0.0800. The van der Waals surface area contributed by atoms with E-state index < -0.39 is 0 Å². The van der Waals surface area contributed by atoms with Gasteiger partial charge in [0.2, 0.25) is 0 Å². The van der Waals surface area contributed by atoms with Gasteiger partial charge in [0.25, 0.3) is 0 Å². The van der Waals surface area contributed by atoms with Crippen molar-refractivity contribution in [2.24, 2.45) is 11.8 Å². The van der Waals surface area contributed by atoms with Gasteiger partial charge in [0, 0.05) is 12.6 Å². The molecule has 0 aromatic heterocycles. The van der Waals surface area contributed by atoms with Gasteiger partial charge in [-0.25, -0.2) is 0 Å². The zero-order valence-electron chi connectivity index (χ0n) is 13.7. The highest BCUT2D eigenvalue weighted by Crippen LogP contribution is 2.36. The van der Waals surface area contributed by atoms with E-state index in [2.05, 4.69) is 19.2 Å². The molecule has 2 fully saturated rings. The molecule has 118 valence electrons. The Bertz CT molecular complexity index is 244. The molecule has 0 aliphatic heterocycles. The van der Waals surface area contributed by atoms with E-state index in [4.69, 9.17) is 4.74 Å². The molecular weight excluding hydrogens is 246 g/mol. The second-order valence-corrected chi connectivity index (χ2v) is 7.04. The van der Waals surface area contributed by atoms with Crippen molar-refractivity contribution < 1.29 is 4.74 Å². The summed E-state index contributed by atoms with van der Waals surface area (Å²) in [6.45, 7) is 6.47. The summed E-state index contributed by atoms with van der Waals surface area (Å²) in [5.41, 5.74) is 0. The van der Waals surface area contributed by atoms with E-state index in [1.807, 2.05) is 0 Å². The predicted molar refractivity (Wildman–Crippen MR) is 86.0 cm³/mol. The lowest BCUT2D eigenvalue weighted by atomic mass is 9.75. The molecule has 2 heteroatoms. The molecule has 0 bridgehead atoms. The van der Waals surface area contributed by atoms with Crippen molar-refractivity contribution in [1.82, 2.24) is 5.32 Å². The van der Waals surface area contributed by atoms with Crippen molar-refractivity contribution in [2.75, 3.05) is 13.2 Å². The van der Waals surface area contributed by atoms with Crippen LogP contribution < -0.4 is 5.32 Å². The SMILES string of the molecule is CCCNC(CC1CCCCC1)CC1CC(OCC)C1. The van der Waals surface area contributed by atoms with E-state index >= 15 is 0 Å². The minimum absolute atomic E-state index is 0.575. The molecule has 1 N–H and O–H groups in total. The zero-order valence-corrected chi connectivity index (χ0v) is 13.7. The highest BCUT2D eigenvalue weighted by Gasteiger charge is 2.32. The van der Waals surface area contributed by atoms with Crippen LogP contribution in [0.2, 0.25) is 0 Å². The molecule has 0 spiro atoms. The van der Waals surface area contributed by atoms with Gasteiger partial charge in [-0.05, 0) is 57.4 Å². The standard InChI is InChI=1S/C18H35NO/c1-3-10-19-17(11-15-8-6-5-7-9-15)12-16-13-18(14-16)20-4-2/h15-19H,3-14H2,1-2H3. The van der Waals surface area contributed by atoms with Crippen LogP contribution in [0.15, 0.2) is 0 Å². The highest BCUT2D eigenvalue weighted by atomic mass is 16.5. The summed E-state index contributed by atoms with van der Waals surface area (Å²) in [5.74, 6) is 1.92. The maximum Gasteiger partial charge on any atom is 0.0580 e. The molecular formula is C18H35NO. The Morgan fingerprint density at radius 2 is 1.70 bits per heavy atom. The second-order valence-electron chi connectivity index (χ2n) is 7.04. The molecule has 0 amide bonds. The van der Waals surface area contributed by atoms with Crippen molar-refractivity contribution in [1.29, 1.82) is 0 Å². The predicted octanol–water partition coefficient (Wildman–Crippen LogP) is 4.53. The summed E-state index contributed by atoms with van der Waals surface area (Å²) >= 11 is 0. The number of nitrogens with one attached hydrogen (secondary N) is 1. The Labute approximate surface area is 126 Å². The lowest BCUT2D eigenvalue weighted by molar-refractivity contribution is -0.0297.